The molecule has 0 aliphatic carbocycles. The Morgan fingerprint density at radius 1 is 1.19 bits per heavy atom. The number of benzene rings is 2. The summed E-state index contributed by atoms with van der Waals surface area (Å²) < 4.78 is 0. The Hall–Kier alpha value is -2.93. The number of halogens is 1. The Bertz CT molecular complexity index is 913. The number of amides is 2. The Labute approximate surface area is 154 Å². The van der Waals surface area contributed by atoms with Gasteiger partial charge in [0, 0.05) is 37.3 Å². The minimum absolute atomic E-state index is 0.0126. The van der Waals surface area contributed by atoms with Gasteiger partial charge in [0.25, 0.3) is 11.6 Å². The molecule has 0 saturated heterocycles. The number of nitro groups is 1. The summed E-state index contributed by atoms with van der Waals surface area (Å²) >= 11 is 5.77. The van der Waals surface area contributed by atoms with Gasteiger partial charge in [-0.3, -0.25) is 19.7 Å². The summed E-state index contributed by atoms with van der Waals surface area (Å²) in [6.07, 6.45) is 0.770. The third kappa shape index (κ3) is 3.67. The molecule has 0 unspecified atom stereocenters. The SMILES string of the molecule is CC(=O)N1CCc2ccc(NC(=O)c3ccc(Cl)c([N+](=O)[O-])c3)cc2C1. The van der Waals surface area contributed by atoms with E-state index in [0.29, 0.717) is 18.8 Å². The number of hydrogen-bond donors (Lipinski definition) is 1. The second-order valence-corrected chi connectivity index (χ2v) is 6.46. The van der Waals surface area contributed by atoms with Gasteiger partial charge in [-0.15, -0.1) is 0 Å². The zero-order chi connectivity index (χ0) is 18.8. The maximum atomic E-state index is 12.4. The fraction of sp³-hybridized carbons (Fsp3) is 0.222. The van der Waals surface area contributed by atoms with Crippen LogP contribution in [0.2, 0.25) is 5.02 Å². The minimum Gasteiger partial charge on any atom is -0.338 e. The van der Waals surface area contributed by atoms with Crippen molar-refractivity contribution in [2.75, 3.05) is 11.9 Å². The maximum Gasteiger partial charge on any atom is 0.288 e. The largest absolute Gasteiger partial charge is 0.338 e. The van der Waals surface area contributed by atoms with Crippen LogP contribution in [0.25, 0.3) is 0 Å². The number of rotatable bonds is 3. The Morgan fingerprint density at radius 2 is 1.96 bits per heavy atom. The van der Waals surface area contributed by atoms with Gasteiger partial charge in [0.1, 0.15) is 5.02 Å². The highest BCUT2D eigenvalue weighted by molar-refractivity contribution is 6.32. The molecule has 0 bridgehead atoms. The standard InChI is InChI=1S/C18H16ClN3O4/c1-11(23)21-7-6-12-2-4-15(8-14(12)10-21)20-18(24)13-3-5-16(19)17(9-13)22(25)26/h2-5,8-9H,6-7,10H2,1H3,(H,20,24). The van der Waals surface area contributed by atoms with Gasteiger partial charge < -0.3 is 10.2 Å². The molecule has 2 aromatic rings. The highest BCUT2D eigenvalue weighted by Gasteiger charge is 2.20. The average molecular weight is 374 g/mol. The van der Waals surface area contributed by atoms with E-state index in [9.17, 15) is 19.7 Å². The van der Waals surface area contributed by atoms with Crippen LogP contribution in [-0.4, -0.2) is 28.2 Å². The fourth-order valence-corrected chi connectivity index (χ4v) is 3.09. The zero-order valence-electron chi connectivity index (χ0n) is 14.0. The topological polar surface area (TPSA) is 92.6 Å². The molecular formula is C18H16ClN3O4. The minimum atomic E-state index is -0.631. The van der Waals surface area contributed by atoms with E-state index in [1.54, 1.807) is 11.0 Å². The number of nitro benzene ring substituents is 1. The fourth-order valence-electron chi connectivity index (χ4n) is 2.90. The number of fused-ring (bicyclic) bond motifs is 1. The highest BCUT2D eigenvalue weighted by atomic mass is 35.5. The molecule has 26 heavy (non-hydrogen) atoms. The van der Waals surface area contributed by atoms with Crippen LogP contribution in [0.15, 0.2) is 36.4 Å². The van der Waals surface area contributed by atoms with Crippen LogP contribution >= 0.6 is 11.6 Å². The second-order valence-electron chi connectivity index (χ2n) is 6.05. The third-order valence-electron chi connectivity index (χ3n) is 4.33. The van der Waals surface area contributed by atoms with Gasteiger partial charge in [-0.25, -0.2) is 0 Å². The number of nitrogens with zero attached hydrogens (tertiary/aromatic N) is 2. The highest BCUT2D eigenvalue weighted by Crippen LogP contribution is 2.26. The van der Waals surface area contributed by atoms with Crippen LogP contribution in [0.5, 0.6) is 0 Å². The van der Waals surface area contributed by atoms with Gasteiger partial charge in [-0.2, -0.15) is 0 Å². The molecule has 1 N–H and O–H groups in total. The lowest BCUT2D eigenvalue weighted by Crippen LogP contribution is -2.34. The van der Waals surface area contributed by atoms with Crippen LogP contribution in [0.1, 0.15) is 28.4 Å². The summed E-state index contributed by atoms with van der Waals surface area (Å²) in [6.45, 7) is 2.72. The van der Waals surface area contributed by atoms with Crippen LogP contribution in [0, 0.1) is 10.1 Å². The predicted octanol–water partition coefficient (Wildman–Crippen LogP) is 3.41. The molecule has 0 fully saturated rings. The molecule has 2 amide bonds. The molecule has 7 nitrogen and oxygen atoms in total. The average Bonchev–Trinajstić information content (AvgIpc) is 2.61. The molecule has 2 aromatic carbocycles. The zero-order valence-corrected chi connectivity index (χ0v) is 14.7. The number of nitrogens with one attached hydrogen (secondary N) is 1. The van der Waals surface area contributed by atoms with Crippen LogP contribution in [0.4, 0.5) is 11.4 Å². The van der Waals surface area contributed by atoms with E-state index >= 15 is 0 Å². The first-order chi connectivity index (χ1) is 12.3. The first kappa shape index (κ1) is 17.9. The number of carbonyl (C=O) groups is 2. The third-order valence-corrected chi connectivity index (χ3v) is 4.65. The number of hydrogen-bond acceptors (Lipinski definition) is 4. The molecule has 1 aliphatic rings. The Balaban J connectivity index is 1.80. The molecular weight excluding hydrogens is 358 g/mol. The van der Waals surface area contributed by atoms with Crippen molar-refractivity contribution in [2.24, 2.45) is 0 Å². The lowest BCUT2D eigenvalue weighted by molar-refractivity contribution is -0.384. The number of anilines is 1. The summed E-state index contributed by atoms with van der Waals surface area (Å²) in [4.78, 5) is 36.0. The second kappa shape index (κ2) is 7.13. The summed E-state index contributed by atoms with van der Waals surface area (Å²) in [5.41, 5.74) is 2.51. The van der Waals surface area contributed by atoms with Gasteiger partial charge >= 0.3 is 0 Å². The summed E-state index contributed by atoms with van der Waals surface area (Å²) in [5, 5.41) is 13.7. The quantitative estimate of drug-likeness (QED) is 0.659. The van der Waals surface area contributed by atoms with Crippen molar-refractivity contribution in [2.45, 2.75) is 19.9 Å². The van der Waals surface area contributed by atoms with E-state index in [0.717, 1.165) is 23.6 Å². The Kier molecular flexibility index (Phi) is 4.90. The first-order valence-electron chi connectivity index (χ1n) is 7.98. The lowest BCUT2D eigenvalue weighted by atomic mass is 9.99. The van der Waals surface area contributed by atoms with E-state index in [4.69, 9.17) is 11.6 Å². The van der Waals surface area contributed by atoms with Gasteiger partial charge in [-0.05, 0) is 41.8 Å². The van der Waals surface area contributed by atoms with Crippen molar-refractivity contribution in [3.63, 3.8) is 0 Å². The molecule has 0 radical (unpaired) electrons. The van der Waals surface area contributed by atoms with E-state index in [-0.39, 0.29) is 22.2 Å². The van der Waals surface area contributed by atoms with Gasteiger partial charge in [0.05, 0.1) is 4.92 Å². The normalized spacial score (nSPS) is 13.1. The molecule has 1 heterocycles. The molecule has 134 valence electrons. The van der Waals surface area contributed by atoms with E-state index in [1.807, 2.05) is 12.1 Å². The van der Waals surface area contributed by atoms with Crippen molar-refractivity contribution in [3.8, 4) is 0 Å². The van der Waals surface area contributed by atoms with Crippen molar-refractivity contribution in [1.82, 2.24) is 4.90 Å². The number of carbonyl (C=O) groups excluding carboxylic acids is 2. The van der Waals surface area contributed by atoms with Crippen molar-refractivity contribution in [3.05, 3.63) is 68.2 Å². The molecule has 3 rings (SSSR count). The van der Waals surface area contributed by atoms with Gasteiger partial charge in [0.2, 0.25) is 5.91 Å². The van der Waals surface area contributed by atoms with Crippen molar-refractivity contribution in [1.29, 1.82) is 0 Å². The summed E-state index contributed by atoms with van der Waals surface area (Å²) in [7, 11) is 0. The maximum absolute atomic E-state index is 12.4. The predicted molar refractivity (Wildman–Crippen MR) is 97.3 cm³/mol. The lowest BCUT2D eigenvalue weighted by Gasteiger charge is -2.28. The molecule has 0 spiro atoms. The van der Waals surface area contributed by atoms with E-state index in [2.05, 4.69) is 5.32 Å². The molecule has 0 saturated carbocycles. The van der Waals surface area contributed by atoms with Gasteiger partial charge in [0.15, 0.2) is 0 Å². The Morgan fingerprint density at radius 3 is 2.65 bits per heavy atom. The molecule has 8 heteroatoms. The smallest absolute Gasteiger partial charge is 0.288 e. The van der Waals surface area contributed by atoms with Crippen LogP contribution in [0.3, 0.4) is 0 Å². The van der Waals surface area contributed by atoms with Gasteiger partial charge in [-0.1, -0.05) is 17.7 Å². The first-order valence-corrected chi connectivity index (χ1v) is 8.35. The monoisotopic (exact) mass is 373 g/mol. The summed E-state index contributed by atoms with van der Waals surface area (Å²) in [6, 6.07) is 9.43. The van der Waals surface area contributed by atoms with E-state index in [1.165, 1.54) is 19.1 Å². The van der Waals surface area contributed by atoms with Crippen LogP contribution < -0.4 is 5.32 Å². The molecule has 1 aliphatic heterocycles. The van der Waals surface area contributed by atoms with Crippen LogP contribution in [-0.2, 0) is 17.8 Å². The summed E-state index contributed by atoms with van der Waals surface area (Å²) in [5.74, 6) is -0.456. The molecule has 0 atom stereocenters. The van der Waals surface area contributed by atoms with Crippen molar-refractivity contribution < 1.29 is 14.5 Å². The van der Waals surface area contributed by atoms with E-state index < -0.39 is 10.8 Å². The molecule has 0 aromatic heterocycles. The van der Waals surface area contributed by atoms with Crippen molar-refractivity contribution >= 4 is 34.8 Å².